The molecule has 2 aromatic carbocycles. The van der Waals surface area contributed by atoms with E-state index in [4.69, 9.17) is 16.9 Å². The molecule has 1 N–H and O–H groups in total. The van der Waals surface area contributed by atoms with Crippen LogP contribution >= 0.6 is 11.6 Å². The van der Waals surface area contributed by atoms with Crippen LogP contribution in [0.4, 0.5) is 28.9 Å². The zero-order chi connectivity index (χ0) is 26.9. The number of anilines is 2. The summed E-state index contributed by atoms with van der Waals surface area (Å²) in [5.74, 6) is -0.625. The standard InChI is InChI=1S/C26H21ClF4N4O2/c1-34-14-20(24(36)35-10-8-16(9-11-35)15-2-5-18(28)6-3-15)23(22(27)25(34)37)33-19-7-4-17(13-32)21(12-19)26(29,30)31/h2-7,12,14,16,33H,8-11H2,1H3. The first-order valence-electron chi connectivity index (χ1n) is 11.3. The number of nitrogens with zero attached hydrogens (tertiary/aromatic N) is 3. The minimum atomic E-state index is -4.78. The van der Waals surface area contributed by atoms with Gasteiger partial charge in [-0.1, -0.05) is 23.7 Å². The van der Waals surface area contributed by atoms with Crippen LogP contribution in [0.15, 0.2) is 53.5 Å². The first-order chi connectivity index (χ1) is 17.5. The van der Waals surface area contributed by atoms with Gasteiger partial charge in [-0.25, -0.2) is 4.39 Å². The zero-order valence-electron chi connectivity index (χ0n) is 19.6. The van der Waals surface area contributed by atoms with Gasteiger partial charge in [0.2, 0.25) is 0 Å². The molecule has 0 spiro atoms. The van der Waals surface area contributed by atoms with Crippen molar-refractivity contribution in [2.75, 3.05) is 18.4 Å². The van der Waals surface area contributed by atoms with Crippen LogP contribution in [0.25, 0.3) is 0 Å². The molecule has 0 saturated carbocycles. The molecular weight excluding hydrogens is 512 g/mol. The minimum absolute atomic E-state index is 0.0188. The van der Waals surface area contributed by atoms with E-state index in [1.54, 1.807) is 17.0 Å². The largest absolute Gasteiger partial charge is 0.417 e. The van der Waals surface area contributed by atoms with Crippen molar-refractivity contribution >= 4 is 28.9 Å². The summed E-state index contributed by atoms with van der Waals surface area (Å²) in [7, 11) is 1.42. The Morgan fingerprint density at radius 2 is 1.78 bits per heavy atom. The SMILES string of the molecule is Cn1cc(C(=O)N2CCC(c3ccc(F)cc3)CC2)c(Nc2ccc(C#N)c(C(F)(F)F)c2)c(Cl)c1=O. The van der Waals surface area contributed by atoms with Gasteiger partial charge in [0.1, 0.15) is 10.8 Å². The highest BCUT2D eigenvalue weighted by atomic mass is 35.5. The molecular formula is C26H21ClF4N4O2. The lowest BCUT2D eigenvalue weighted by Gasteiger charge is -2.33. The lowest BCUT2D eigenvalue weighted by molar-refractivity contribution is -0.137. The fourth-order valence-electron chi connectivity index (χ4n) is 4.40. The average molecular weight is 533 g/mol. The molecule has 1 amide bonds. The number of piperidine rings is 1. The minimum Gasteiger partial charge on any atom is -0.353 e. The maximum Gasteiger partial charge on any atom is 0.417 e. The van der Waals surface area contributed by atoms with Gasteiger partial charge < -0.3 is 14.8 Å². The lowest BCUT2D eigenvalue weighted by Crippen LogP contribution is -2.39. The average Bonchev–Trinajstić information content (AvgIpc) is 2.88. The first kappa shape index (κ1) is 26.2. The second-order valence-electron chi connectivity index (χ2n) is 8.76. The van der Waals surface area contributed by atoms with Gasteiger partial charge in [-0.05, 0) is 54.7 Å². The number of nitriles is 1. The smallest absolute Gasteiger partial charge is 0.353 e. The molecule has 1 aliphatic heterocycles. The Balaban J connectivity index is 1.63. The molecule has 1 fully saturated rings. The number of benzene rings is 2. The summed E-state index contributed by atoms with van der Waals surface area (Å²) in [6.45, 7) is 0.770. The molecule has 0 bridgehead atoms. The van der Waals surface area contributed by atoms with Gasteiger partial charge in [0.25, 0.3) is 11.5 Å². The predicted molar refractivity (Wildman–Crippen MR) is 130 cm³/mol. The van der Waals surface area contributed by atoms with Crippen LogP contribution in [-0.4, -0.2) is 28.5 Å². The fraction of sp³-hybridized carbons (Fsp3) is 0.269. The Bertz CT molecular complexity index is 1440. The molecule has 3 aromatic rings. The van der Waals surface area contributed by atoms with E-state index in [-0.39, 0.29) is 33.7 Å². The highest BCUT2D eigenvalue weighted by Crippen LogP contribution is 2.36. The molecule has 1 saturated heterocycles. The van der Waals surface area contributed by atoms with Crippen LogP contribution in [0, 0.1) is 17.1 Å². The number of hydrogen-bond donors (Lipinski definition) is 1. The highest BCUT2D eigenvalue weighted by Gasteiger charge is 2.34. The second kappa shape index (κ2) is 10.3. The Hall–Kier alpha value is -3.84. The topological polar surface area (TPSA) is 78.1 Å². The third-order valence-electron chi connectivity index (χ3n) is 6.39. The molecule has 37 heavy (non-hydrogen) atoms. The van der Waals surface area contributed by atoms with Crippen molar-refractivity contribution in [3.8, 4) is 6.07 Å². The molecule has 1 aliphatic rings. The van der Waals surface area contributed by atoms with E-state index in [1.807, 2.05) is 0 Å². The Labute approximate surface area is 214 Å². The van der Waals surface area contributed by atoms with Crippen LogP contribution in [0.1, 0.15) is 45.8 Å². The molecule has 192 valence electrons. The number of pyridine rings is 1. The number of halogens is 5. The first-order valence-corrected chi connectivity index (χ1v) is 11.7. The van der Waals surface area contributed by atoms with Crippen LogP contribution in [0.3, 0.4) is 0 Å². The van der Waals surface area contributed by atoms with E-state index in [1.165, 1.54) is 37.5 Å². The number of carbonyl (C=O) groups is 1. The van der Waals surface area contributed by atoms with Crippen molar-refractivity contribution in [1.29, 1.82) is 5.26 Å². The van der Waals surface area contributed by atoms with Crippen molar-refractivity contribution < 1.29 is 22.4 Å². The predicted octanol–water partition coefficient (Wildman–Crippen LogP) is 5.83. The molecule has 2 heterocycles. The molecule has 0 aliphatic carbocycles. The van der Waals surface area contributed by atoms with Gasteiger partial charge in [0.15, 0.2) is 0 Å². The molecule has 11 heteroatoms. The Morgan fingerprint density at radius 3 is 2.38 bits per heavy atom. The van der Waals surface area contributed by atoms with Crippen LogP contribution in [-0.2, 0) is 13.2 Å². The summed E-state index contributed by atoms with van der Waals surface area (Å²) in [4.78, 5) is 27.6. The van der Waals surface area contributed by atoms with Gasteiger partial charge >= 0.3 is 6.18 Å². The maximum absolute atomic E-state index is 13.5. The van der Waals surface area contributed by atoms with Gasteiger partial charge in [-0.15, -0.1) is 0 Å². The maximum atomic E-state index is 13.5. The molecule has 0 radical (unpaired) electrons. The number of aryl methyl sites for hydroxylation is 1. The molecule has 6 nitrogen and oxygen atoms in total. The lowest BCUT2D eigenvalue weighted by atomic mass is 9.89. The van der Waals surface area contributed by atoms with Crippen molar-refractivity contribution in [3.05, 3.63) is 92.1 Å². The van der Waals surface area contributed by atoms with Gasteiger partial charge in [0.05, 0.1) is 28.4 Å². The van der Waals surface area contributed by atoms with E-state index in [9.17, 15) is 27.2 Å². The van der Waals surface area contributed by atoms with Gasteiger partial charge in [-0.2, -0.15) is 18.4 Å². The molecule has 0 unspecified atom stereocenters. The van der Waals surface area contributed by atoms with Crippen molar-refractivity contribution in [2.24, 2.45) is 7.05 Å². The Morgan fingerprint density at radius 1 is 1.14 bits per heavy atom. The Kier molecular flexibility index (Phi) is 7.28. The number of nitrogens with one attached hydrogen (secondary N) is 1. The van der Waals surface area contributed by atoms with Crippen LogP contribution in [0.2, 0.25) is 5.02 Å². The number of likely N-dealkylation sites (tertiary alicyclic amines) is 1. The normalized spacial score (nSPS) is 14.4. The van der Waals surface area contributed by atoms with E-state index >= 15 is 0 Å². The van der Waals surface area contributed by atoms with Crippen LogP contribution in [0.5, 0.6) is 0 Å². The van der Waals surface area contributed by atoms with E-state index < -0.39 is 28.8 Å². The summed E-state index contributed by atoms with van der Waals surface area (Å²) in [6, 6.07) is 10.7. The number of carbonyl (C=O) groups excluding carboxylic acids is 1. The fourth-order valence-corrected chi connectivity index (χ4v) is 4.68. The summed E-state index contributed by atoms with van der Waals surface area (Å²) in [5, 5.41) is 11.4. The van der Waals surface area contributed by atoms with Gasteiger partial charge in [0, 0.05) is 32.0 Å². The summed E-state index contributed by atoms with van der Waals surface area (Å²) < 4.78 is 54.7. The number of rotatable bonds is 4. The third-order valence-corrected chi connectivity index (χ3v) is 6.74. The third kappa shape index (κ3) is 5.47. The van der Waals surface area contributed by atoms with E-state index in [0.717, 1.165) is 22.3 Å². The summed E-state index contributed by atoms with van der Waals surface area (Å²) in [5.41, 5.74) is -1.57. The molecule has 0 atom stereocenters. The molecule has 1 aromatic heterocycles. The quantitative estimate of drug-likeness (QED) is 0.429. The van der Waals surface area contributed by atoms with E-state index in [2.05, 4.69) is 5.32 Å². The second-order valence-corrected chi connectivity index (χ2v) is 9.14. The van der Waals surface area contributed by atoms with Crippen LogP contribution < -0.4 is 10.9 Å². The van der Waals surface area contributed by atoms with Crippen molar-refractivity contribution in [2.45, 2.75) is 24.9 Å². The monoisotopic (exact) mass is 532 g/mol. The summed E-state index contributed by atoms with van der Waals surface area (Å²) >= 11 is 6.27. The van der Waals surface area contributed by atoms with Crippen molar-refractivity contribution in [3.63, 3.8) is 0 Å². The zero-order valence-corrected chi connectivity index (χ0v) is 20.3. The van der Waals surface area contributed by atoms with Crippen molar-refractivity contribution in [1.82, 2.24) is 9.47 Å². The summed E-state index contributed by atoms with van der Waals surface area (Å²) in [6.07, 6.45) is -2.24. The number of hydrogen-bond acceptors (Lipinski definition) is 4. The molecule has 4 rings (SSSR count). The highest BCUT2D eigenvalue weighted by molar-refractivity contribution is 6.34. The number of amides is 1. The number of aromatic nitrogens is 1. The number of alkyl halides is 3. The van der Waals surface area contributed by atoms with Gasteiger partial charge in [-0.3, -0.25) is 9.59 Å². The van der Waals surface area contributed by atoms with E-state index in [0.29, 0.717) is 25.9 Å².